The van der Waals surface area contributed by atoms with Crippen molar-refractivity contribution in [2.45, 2.75) is 52.1 Å². The summed E-state index contributed by atoms with van der Waals surface area (Å²) in [5.74, 6) is 1.65. The van der Waals surface area contributed by atoms with Gasteiger partial charge in [-0.3, -0.25) is 0 Å². The first kappa shape index (κ1) is 13.3. The summed E-state index contributed by atoms with van der Waals surface area (Å²) in [6, 6.07) is 5.10. The van der Waals surface area contributed by atoms with Crippen LogP contribution in [0.3, 0.4) is 0 Å². The molecule has 18 heavy (non-hydrogen) atoms. The van der Waals surface area contributed by atoms with Gasteiger partial charge >= 0.3 is 0 Å². The summed E-state index contributed by atoms with van der Waals surface area (Å²) < 4.78 is 0. The molecule has 1 aromatic heterocycles. The van der Waals surface area contributed by atoms with E-state index in [0.717, 1.165) is 18.9 Å². The van der Waals surface area contributed by atoms with Crippen LogP contribution < -0.4 is 10.2 Å². The highest BCUT2D eigenvalue weighted by Crippen LogP contribution is 2.26. The second-order valence-electron chi connectivity index (χ2n) is 5.63. The third-order valence-electron chi connectivity index (χ3n) is 3.71. The van der Waals surface area contributed by atoms with E-state index >= 15 is 0 Å². The van der Waals surface area contributed by atoms with Crippen molar-refractivity contribution in [1.82, 2.24) is 10.3 Å². The highest BCUT2D eigenvalue weighted by Gasteiger charge is 2.22. The zero-order valence-electron chi connectivity index (χ0n) is 12.0. The molecular weight excluding hydrogens is 222 g/mol. The fourth-order valence-electron chi connectivity index (χ4n) is 2.62. The molecule has 1 fully saturated rings. The number of nitrogens with one attached hydrogen (secondary N) is 1. The zero-order chi connectivity index (χ0) is 13.1. The zero-order valence-corrected chi connectivity index (χ0v) is 12.0. The van der Waals surface area contributed by atoms with E-state index in [-0.39, 0.29) is 0 Å². The molecule has 0 saturated carbocycles. The van der Waals surface area contributed by atoms with Crippen molar-refractivity contribution in [2.24, 2.45) is 0 Å². The second-order valence-corrected chi connectivity index (χ2v) is 5.63. The minimum Gasteiger partial charge on any atom is -0.354 e. The van der Waals surface area contributed by atoms with E-state index in [0.29, 0.717) is 12.0 Å². The van der Waals surface area contributed by atoms with E-state index in [1.165, 1.54) is 24.1 Å². The normalized spacial score (nSPS) is 19.8. The molecule has 0 bridgehead atoms. The molecule has 1 unspecified atom stereocenters. The van der Waals surface area contributed by atoms with Crippen molar-refractivity contribution in [1.29, 1.82) is 0 Å². The molecule has 1 aromatic rings. The van der Waals surface area contributed by atoms with Gasteiger partial charge in [0.1, 0.15) is 5.82 Å². The lowest BCUT2D eigenvalue weighted by Crippen LogP contribution is -2.27. The summed E-state index contributed by atoms with van der Waals surface area (Å²) in [4.78, 5) is 7.30. The van der Waals surface area contributed by atoms with Crippen molar-refractivity contribution < 1.29 is 0 Å². The van der Waals surface area contributed by atoms with E-state index in [9.17, 15) is 0 Å². The number of anilines is 1. The van der Waals surface area contributed by atoms with Gasteiger partial charge in [-0.05, 0) is 50.4 Å². The third kappa shape index (κ3) is 2.83. The smallest absolute Gasteiger partial charge is 0.129 e. The average molecular weight is 247 g/mol. The van der Waals surface area contributed by atoms with E-state index in [1.807, 2.05) is 7.05 Å². The highest BCUT2D eigenvalue weighted by atomic mass is 15.2. The Morgan fingerprint density at radius 1 is 1.44 bits per heavy atom. The van der Waals surface area contributed by atoms with Crippen LogP contribution in [-0.4, -0.2) is 24.6 Å². The largest absolute Gasteiger partial charge is 0.354 e. The van der Waals surface area contributed by atoms with Crippen LogP contribution in [0.25, 0.3) is 0 Å². The van der Waals surface area contributed by atoms with Gasteiger partial charge in [0.25, 0.3) is 0 Å². The molecule has 3 heteroatoms. The van der Waals surface area contributed by atoms with Crippen LogP contribution >= 0.6 is 0 Å². The van der Waals surface area contributed by atoms with Crippen LogP contribution in [0.4, 0.5) is 5.82 Å². The van der Waals surface area contributed by atoms with Gasteiger partial charge in [-0.15, -0.1) is 0 Å². The topological polar surface area (TPSA) is 28.2 Å². The van der Waals surface area contributed by atoms with Crippen LogP contribution in [0, 0.1) is 0 Å². The van der Waals surface area contributed by atoms with E-state index in [1.54, 1.807) is 0 Å². The Bertz CT molecular complexity index is 401. The number of nitrogens with zero attached hydrogens (tertiary/aromatic N) is 2. The number of rotatable bonds is 4. The molecule has 0 spiro atoms. The number of hydrogen-bond acceptors (Lipinski definition) is 3. The summed E-state index contributed by atoms with van der Waals surface area (Å²) in [5.41, 5.74) is 2.54. The molecule has 1 atom stereocenters. The van der Waals surface area contributed by atoms with Gasteiger partial charge in [0, 0.05) is 24.8 Å². The maximum absolute atomic E-state index is 4.85. The van der Waals surface area contributed by atoms with Crippen LogP contribution in [0.2, 0.25) is 0 Å². The Labute approximate surface area is 111 Å². The summed E-state index contributed by atoms with van der Waals surface area (Å²) in [6.07, 6.45) is 2.57. The Balaban J connectivity index is 2.33. The Kier molecular flexibility index (Phi) is 4.23. The predicted molar refractivity (Wildman–Crippen MR) is 77.1 cm³/mol. The SMILES string of the molecule is CNCc1cc(C(C)C)nc(N2CCCC2C)c1. The molecule has 1 saturated heterocycles. The minimum atomic E-state index is 0.485. The van der Waals surface area contributed by atoms with Crippen molar-refractivity contribution in [3.8, 4) is 0 Å². The monoisotopic (exact) mass is 247 g/mol. The summed E-state index contributed by atoms with van der Waals surface area (Å²) in [5, 5.41) is 3.23. The first-order valence-corrected chi connectivity index (χ1v) is 7.04. The van der Waals surface area contributed by atoms with E-state index < -0.39 is 0 Å². The highest BCUT2D eigenvalue weighted by molar-refractivity contribution is 5.45. The summed E-state index contributed by atoms with van der Waals surface area (Å²) in [6.45, 7) is 8.78. The van der Waals surface area contributed by atoms with Gasteiger partial charge in [0.15, 0.2) is 0 Å². The van der Waals surface area contributed by atoms with E-state index in [2.05, 4.69) is 43.1 Å². The van der Waals surface area contributed by atoms with Gasteiger partial charge in [-0.2, -0.15) is 0 Å². The molecular formula is C15H25N3. The molecule has 1 N–H and O–H groups in total. The van der Waals surface area contributed by atoms with Gasteiger partial charge in [-0.1, -0.05) is 13.8 Å². The second kappa shape index (κ2) is 5.70. The van der Waals surface area contributed by atoms with Gasteiger partial charge in [0.2, 0.25) is 0 Å². The summed E-state index contributed by atoms with van der Waals surface area (Å²) >= 11 is 0. The van der Waals surface area contributed by atoms with Crippen LogP contribution in [0.15, 0.2) is 12.1 Å². The third-order valence-corrected chi connectivity index (χ3v) is 3.71. The van der Waals surface area contributed by atoms with Crippen LogP contribution in [0.5, 0.6) is 0 Å². The maximum atomic E-state index is 4.85. The molecule has 0 radical (unpaired) electrons. The van der Waals surface area contributed by atoms with Gasteiger partial charge in [-0.25, -0.2) is 4.98 Å². The molecule has 3 nitrogen and oxygen atoms in total. The van der Waals surface area contributed by atoms with Crippen molar-refractivity contribution >= 4 is 5.82 Å². The predicted octanol–water partition coefficient (Wildman–Crippen LogP) is 2.91. The fraction of sp³-hybridized carbons (Fsp3) is 0.667. The lowest BCUT2D eigenvalue weighted by atomic mass is 10.1. The van der Waals surface area contributed by atoms with Crippen molar-refractivity contribution in [3.63, 3.8) is 0 Å². The Morgan fingerprint density at radius 3 is 2.78 bits per heavy atom. The van der Waals surface area contributed by atoms with Crippen LogP contribution in [0.1, 0.15) is 50.8 Å². The Hall–Kier alpha value is -1.09. The first-order chi connectivity index (χ1) is 8.61. The number of aromatic nitrogens is 1. The number of hydrogen-bond donors (Lipinski definition) is 1. The van der Waals surface area contributed by atoms with Crippen molar-refractivity contribution in [2.75, 3.05) is 18.5 Å². The maximum Gasteiger partial charge on any atom is 0.129 e. The minimum absolute atomic E-state index is 0.485. The average Bonchev–Trinajstić information content (AvgIpc) is 2.75. The van der Waals surface area contributed by atoms with Crippen molar-refractivity contribution in [3.05, 3.63) is 23.4 Å². The summed E-state index contributed by atoms with van der Waals surface area (Å²) in [7, 11) is 1.99. The molecule has 1 aliphatic rings. The lowest BCUT2D eigenvalue weighted by molar-refractivity contribution is 0.716. The fourth-order valence-corrected chi connectivity index (χ4v) is 2.62. The standard InChI is InChI=1S/C15H25N3/c1-11(2)14-8-13(10-16-4)9-15(17-14)18-7-5-6-12(18)3/h8-9,11-12,16H,5-7,10H2,1-4H3. The van der Waals surface area contributed by atoms with Crippen LogP contribution in [-0.2, 0) is 6.54 Å². The number of pyridine rings is 1. The van der Waals surface area contributed by atoms with E-state index in [4.69, 9.17) is 4.98 Å². The molecule has 2 rings (SSSR count). The quantitative estimate of drug-likeness (QED) is 0.886. The van der Waals surface area contributed by atoms with Gasteiger partial charge in [0.05, 0.1) is 0 Å². The molecule has 100 valence electrons. The molecule has 0 amide bonds. The molecule has 0 aliphatic carbocycles. The van der Waals surface area contributed by atoms with Gasteiger partial charge < -0.3 is 10.2 Å². The molecule has 2 heterocycles. The Morgan fingerprint density at radius 2 is 2.22 bits per heavy atom. The first-order valence-electron chi connectivity index (χ1n) is 7.04. The lowest BCUT2D eigenvalue weighted by Gasteiger charge is -2.24. The molecule has 1 aliphatic heterocycles. The molecule has 0 aromatic carbocycles.